The van der Waals surface area contributed by atoms with Gasteiger partial charge in [-0.15, -0.1) is 0 Å². The van der Waals surface area contributed by atoms with Crippen LogP contribution in [0.15, 0.2) is 18.2 Å². The van der Waals surface area contributed by atoms with Crippen LogP contribution >= 0.6 is 10.7 Å². The Bertz CT molecular complexity index is 499. The SMILES string of the molecule is CN1CCCc2ccc(CS(=O)(=O)Cl)cc21. The van der Waals surface area contributed by atoms with Gasteiger partial charge in [-0.1, -0.05) is 12.1 Å². The lowest BCUT2D eigenvalue weighted by molar-refractivity contribution is 0.609. The van der Waals surface area contributed by atoms with Gasteiger partial charge in [0, 0.05) is 30.0 Å². The van der Waals surface area contributed by atoms with Gasteiger partial charge in [-0.3, -0.25) is 0 Å². The minimum Gasteiger partial charge on any atom is -0.374 e. The third-order valence-corrected chi connectivity index (χ3v) is 3.85. The van der Waals surface area contributed by atoms with Crippen molar-refractivity contribution >= 4 is 25.4 Å². The molecule has 16 heavy (non-hydrogen) atoms. The molecule has 5 heteroatoms. The van der Waals surface area contributed by atoms with Crippen LogP contribution in [-0.4, -0.2) is 22.0 Å². The number of fused-ring (bicyclic) bond motifs is 1. The third-order valence-electron chi connectivity index (χ3n) is 2.84. The van der Waals surface area contributed by atoms with Gasteiger partial charge in [0.15, 0.2) is 0 Å². The van der Waals surface area contributed by atoms with E-state index in [1.165, 1.54) is 5.56 Å². The van der Waals surface area contributed by atoms with Gasteiger partial charge in [0.2, 0.25) is 9.05 Å². The summed E-state index contributed by atoms with van der Waals surface area (Å²) in [6, 6.07) is 5.77. The molecule has 0 bridgehead atoms. The van der Waals surface area contributed by atoms with Crippen LogP contribution in [-0.2, 0) is 21.2 Å². The van der Waals surface area contributed by atoms with Crippen LogP contribution in [0.5, 0.6) is 0 Å². The first kappa shape index (κ1) is 11.7. The van der Waals surface area contributed by atoms with E-state index < -0.39 is 9.05 Å². The first-order chi connectivity index (χ1) is 7.46. The number of hydrogen-bond acceptors (Lipinski definition) is 3. The normalized spacial score (nSPS) is 16.0. The smallest absolute Gasteiger partial charge is 0.236 e. The van der Waals surface area contributed by atoms with E-state index in [0.717, 1.165) is 30.6 Å². The van der Waals surface area contributed by atoms with Crippen molar-refractivity contribution in [2.24, 2.45) is 0 Å². The largest absolute Gasteiger partial charge is 0.374 e. The highest BCUT2D eigenvalue weighted by Gasteiger charge is 2.15. The molecule has 0 unspecified atom stereocenters. The Labute approximate surface area is 100 Å². The van der Waals surface area contributed by atoms with Gasteiger partial charge >= 0.3 is 0 Å². The van der Waals surface area contributed by atoms with Crippen LogP contribution in [0.4, 0.5) is 5.69 Å². The van der Waals surface area contributed by atoms with Crippen molar-refractivity contribution in [2.75, 3.05) is 18.5 Å². The van der Waals surface area contributed by atoms with Crippen molar-refractivity contribution in [3.8, 4) is 0 Å². The zero-order valence-electron chi connectivity index (χ0n) is 9.11. The summed E-state index contributed by atoms with van der Waals surface area (Å²) in [6.07, 6.45) is 2.21. The highest BCUT2D eigenvalue weighted by Crippen LogP contribution is 2.27. The number of benzene rings is 1. The quantitative estimate of drug-likeness (QED) is 0.764. The van der Waals surface area contributed by atoms with Gasteiger partial charge in [-0.25, -0.2) is 8.42 Å². The molecule has 0 fully saturated rings. The second-order valence-electron chi connectivity index (χ2n) is 4.17. The molecule has 2 rings (SSSR count). The first-order valence-electron chi connectivity index (χ1n) is 5.21. The Morgan fingerprint density at radius 3 is 2.88 bits per heavy atom. The molecule has 3 nitrogen and oxygen atoms in total. The molecular weight excluding hydrogens is 246 g/mol. The average Bonchev–Trinajstić information content (AvgIpc) is 2.17. The molecule has 0 atom stereocenters. The summed E-state index contributed by atoms with van der Waals surface area (Å²) in [5.41, 5.74) is 3.16. The molecule has 0 radical (unpaired) electrons. The maximum absolute atomic E-state index is 11.0. The Balaban J connectivity index is 2.34. The van der Waals surface area contributed by atoms with Crippen LogP contribution in [0.3, 0.4) is 0 Å². The second-order valence-corrected chi connectivity index (χ2v) is 6.95. The topological polar surface area (TPSA) is 37.4 Å². The van der Waals surface area contributed by atoms with E-state index in [0.29, 0.717) is 0 Å². The molecule has 1 aromatic carbocycles. The van der Waals surface area contributed by atoms with Crippen molar-refractivity contribution < 1.29 is 8.42 Å². The summed E-state index contributed by atoms with van der Waals surface area (Å²) >= 11 is 0. The molecule has 0 aliphatic carbocycles. The van der Waals surface area contributed by atoms with Crippen molar-refractivity contribution in [3.05, 3.63) is 29.3 Å². The number of halogens is 1. The maximum atomic E-state index is 11.0. The Morgan fingerprint density at radius 2 is 2.19 bits per heavy atom. The van der Waals surface area contributed by atoms with Crippen LogP contribution in [0.2, 0.25) is 0 Å². The van der Waals surface area contributed by atoms with Crippen molar-refractivity contribution in [1.29, 1.82) is 0 Å². The molecule has 88 valence electrons. The van der Waals surface area contributed by atoms with Gasteiger partial charge < -0.3 is 4.90 Å². The molecular formula is C11H14ClNO2S. The Morgan fingerprint density at radius 1 is 1.44 bits per heavy atom. The summed E-state index contributed by atoms with van der Waals surface area (Å²) in [4.78, 5) is 2.16. The second kappa shape index (κ2) is 4.26. The van der Waals surface area contributed by atoms with E-state index in [2.05, 4.69) is 4.90 Å². The van der Waals surface area contributed by atoms with E-state index in [4.69, 9.17) is 10.7 Å². The fraction of sp³-hybridized carbons (Fsp3) is 0.455. The monoisotopic (exact) mass is 259 g/mol. The van der Waals surface area contributed by atoms with Crippen molar-refractivity contribution in [2.45, 2.75) is 18.6 Å². The predicted molar refractivity (Wildman–Crippen MR) is 66.5 cm³/mol. The number of rotatable bonds is 2. The zero-order chi connectivity index (χ0) is 11.8. The van der Waals surface area contributed by atoms with Crippen LogP contribution in [0.1, 0.15) is 17.5 Å². The van der Waals surface area contributed by atoms with Crippen LogP contribution in [0.25, 0.3) is 0 Å². The average molecular weight is 260 g/mol. The molecule has 0 spiro atoms. The van der Waals surface area contributed by atoms with Crippen LogP contribution < -0.4 is 4.90 Å². The highest BCUT2D eigenvalue weighted by molar-refractivity contribution is 8.13. The lowest BCUT2D eigenvalue weighted by Gasteiger charge is -2.27. The molecule has 1 aliphatic rings. The molecule has 1 aliphatic heterocycles. The van der Waals surface area contributed by atoms with Gasteiger partial charge in [-0.05, 0) is 30.0 Å². The number of nitrogens with zero attached hydrogens (tertiary/aromatic N) is 1. The highest BCUT2D eigenvalue weighted by atomic mass is 35.7. The maximum Gasteiger partial charge on any atom is 0.236 e. The van der Waals surface area contributed by atoms with Crippen molar-refractivity contribution in [1.82, 2.24) is 0 Å². The van der Waals surface area contributed by atoms with Crippen molar-refractivity contribution in [3.63, 3.8) is 0 Å². The Kier molecular flexibility index (Phi) is 3.13. The van der Waals surface area contributed by atoms with E-state index in [9.17, 15) is 8.42 Å². The molecule has 0 amide bonds. The predicted octanol–water partition coefficient (Wildman–Crippen LogP) is 2.14. The number of aryl methyl sites for hydroxylation is 1. The molecule has 0 saturated carbocycles. The summed E-state index contributed by atoms with van der Waals surface area (Å²) in [5.74, 6) is -0.102. The molecule has 1 aromatic rings. The Hall–Kier alpha value is -0.740. The number of anilines is 1. The van der Waals surface area contributed by atoms with Gasteiger partial charge in [0.25, 0.3) is 0 Å². The van der Waals surface area contributed by atoms with E-state index >= 15 is 0 Å². The standard InChI is InChI=1S/C11H14ClNO2S/c1-13-6-2-3-10-5-4-9(7-11(10)13)8-16(12,14)15/h4-5,7H,2-3,6,8H2,1H3. The summed E-state index contributed by atoms with van der Waals surface area (Å²) in [5, 5.41) is 0. The van der Waals surface area contributed by atoms with E-state index in [1.54, 1.807) is 0 Å². The molecule has 0 N–H and O–H groups in total. The van der Waals surface area contributed by atoms with E-state index in [1.807, 2.05) is 25.2 Å². The van der Waals surface area contributed by atoms with Crippen LogP contribution in [0, 0.1) is 0 Å². The summed E-state index contributed by atoms with van der Waals surface area (Å²) < 4.78 is 22.0. The van der Waals surface area contributed by atoms with E-state index in [-0.39, 0.29) is 5.75 Å². The minimum absolute atomic E-state index is 0.102. The minimum atomic E-state index is -3.47. The first-order valence-corrected chi connectivity index (χ1v) is 7.69. The van der Waals surface area contributed by atoms with Gasteiger partial charge in [0.05, 0.1) is 5.75 Å². The lowest BCUT2D eigenvalue weighted by atomic mass is 10.0. The summed E-state index contributed by atoms with van der Waals surface area (Å²) in [7, 11) is 3.80. The van der Waals surface area contributed by atoms with Gasteiger partial charge in [0.1, 0.15) is 0 Å². The fourth-order valence-electron chi connectivity index (χ4n) is 2.09. The lowest BCUT2D eigenvalue weighted by Crippen LogP contribution is -2.24. The molecule has 1 heterocycles. The molecule has 0 aromatic heterocycles. The molecule has 0 saturated heterocycles. The fourth-order valence-corrected chi connectivity index (χ4v) is 3.05. The number of hydrogen-bond donors (Lipinski definition) is 0. The third kappa shape index (κ3) is 2.68. The zero-order valence-corrected chi connectivity index (χ0v) is 10.7. The summed E-state index contributed by atoms with van der Waals surface area (Å²) in [6.45, 7) is 1.02. The van der Waals surface area contributed by atoms with Gasteiger partial charge in [-0.2, -0.15) is 0 Å².